The number of hydrogen-bond acceptors (Lipinski definition) is 2. The van der Waals surface area contributed by atoms with Gasteiger partial charge in [-0.25, -0.2) is 0 Å². The highest BCUT2D eigenvalue weighted by molar-refractivity contribution is 4.93. The minimum Gasteiger partial charge on any atom is -0.391 e. The Labute approximate surface area is 106 Å². The highest BCUT2D eigenvalue weighted by Crippen LogP contribution is 2.36. The molecule has 1 saturated heterocycles. The fraction of sp³-hybridized carbons (Fsp3) is 1.00. The first-order valence-electron chi connectivity index (χ1n) is 7.42. The third kappa shape index (κ3) is 2.85. The van der Waals surface area contributed by atoms with E-state index in [1.54, 1.807) is 0 Å². The Bertz CT molecular complexity index is 243. The molecule has 2 fully saturated rings. The zero-order chi connectivity index (χ0) is 12.6. The molecule has 2 aliphatic rings. The van der Waals surface area contributed by atoms with Crippen molar-refractivity contribution in [3.8, 4) is 0 Å². The second-order valence-electron chi connectivity index (χ2n) is 6.84. The molecule has 2 rings (SSSR count). The van der Waals surface area contributed by atoms with Gasteiger partial charge in [0.15, 0.2) is 0 Å². The molecule has 100 valence electrons. The molecule has 0 aromatic heterocycles. The number of rotatable bonds is 1. The predicted molar refractivity (Wildman–Crippen MR) is 71.9 cm³/mol. The lowest BCUT2D eigenvalue weighted by Gasteiger charge is -2.49. The van der Waals surface area contributed by atoms with E-state index < -0.39 is 0 Å². The third-order valence-corrected chi connectivity index (χ3v) is 4.94. The molecule has 1 aliphatic heterocycles. The van der Waals surface area contributed by atoms with Gasteiger partial charge in [-0.2, -0.15) is 0 Å². The van der Waals surface area contributed by atoms with Gasteiger partial charge >= 0.3 is 0 Å². The molecule has 2 nitrogen and oxygen atoms in total. The van der Waals surface area contributed by atoms with Gasteiger partial charge in [-0.1, -0.05) is 20.8 Å². The molecule has 6 atom stereocenters. The van der Waals surface area contributed by atoms with Crippen molar-refractivity contribution in [2.45, 2.75) is 71.6 Å². The van der Waals surface area contributed by atoms with Crippen LogP contribution in [-0.4, -0.2) is 34.7 Å². The second-order valence-corrected chi connectivity index (χ2v) is 6.84. The molecule has 0 spiro atoms. The van der Waals surface area contributed by atoms with Gasteiger partial charge in [-0.05, 0) is 50.4 Å². The summed E-state index contributed by atoms with van der Waals surface area (Å²) >= 11 is 0. The van der Waals surface area contributed by atoms with E-state index >= 15 is 0 Å². The molecule has 1 heterocycles. The summed E-state index contributed by atoms with van der Waals surface area (Å²) in [6.07, 6.45) is 4.81. The van der Waals surface area contributed by atoms with Crippen LogP contribution in [-0.2, 0) is 0 Å². The zero-order valence-electron chi connectivity index (χ0n) is 11.9. The number of aliphatic hydroxyl groups is 1. The van der Waals surface area contributed by atoms with Crippen LogP contribution in [0.2, 0.25) is 0 Å². The third-order valence-electron chi connectivity index (χ3n) is 4.94. The lowest BCUT2D eigenvalue weighted by Crippen LogP contribution is -2.56. The van der Waals surface area contributed by atoms with Crippen LogP contribution >= 0.6 is 0 Å². The summed E-state index contributed by atoms with van der Waals surface area (Å²) in [6, 6.07) is 1.06. The molecule has 1 saturated carbocycles. The summed E-state index contributed by atoms with van der Waals surface area (Å²) in [7, 11) is 0. The average Bonchev–Trinajstić information content (AvgIpc) is 2.21. The summed E-state index contributed by atoms with van der Waals surface area (Å²) in [6.45, 7) is 10.5. The maximum Gasteiger partial charge on any atom is 0.0700 e. The molecule has 6 unspecified atom stereocenters. The minimum atomic E-state index is -0.110. The first kappa shape index (κ1) is 13.4. The van der Waals surface area contributed by atoms with Crippen LogP contribution in [0.25, 0.3) is 0 Å². The summed E-state index contributed by atoms with van der Waals surface area (Å²) in [5.41, 5.74) is 0. The van der Waals surface area contributed by atoms with Gasteiger partial charge in [0.25, 0.3) is 0 Å². The van der Waals surface area contributed by atoms with Gasteiger partial charge in [0, 0.05) is 18.6 Å². The standard InChI is InChI=1S/C15H29NO/c1-10-5-6-13(4)16(9-10)15-12(3)7-11(2)8-14(15)17/h10-15,17H,5-9H2,1-4H3. The van der Waals surface area contributed by atoms with Crippen molar-refractivity contribution in [2.24, 2.45) is 17.8 Å². The highest BCUT2D eigenvalue weighted by atomic mass is 16.3. The molecule has 17 heavy (non-hydrogen) atoms. The number of piperidine rings is 1. The molecule has 2 heteroatoms. The molecule has 0 aromatic carbocycles. The van der Waals surface area contributed by atoms with Crippen LogP contribution in [0.1, 0.15) is 53.4 Å². The largest absolute Gasteiger partial charge is 0.391 e. The number of likely N-dealkylation sites (tertiary alicyclic amines) is 1. The van der Waals surface area contributed by atoms with Gasteiger partial charge in [0.2, 0.25) is 0 Å². The minimum absolute atomic E-state index is 0.110. The second kappa shape index (κ2) is 5.27. The van der Waals surface area contributed by atoms with E-state index in [-0.39, 0.29) is 6.10 Å². The summed E-state index contributed by atoms with van der Waals surface area (Å²) < 4.78 is 0. The molecule has 0 bridgehead atoms. The topological polar surface area (TPSA) is 23.5 Å². The molecule has 1 N–H and O–H groups in total. The van der Waals surface area contributed by atoms with Gasteiger partial charge in [0.05, 0.1) is 6.10 Å². The molecule has 0 amide bonds. The van der Waals surface area contributed by atoms with E-state index in [9.17, 15) is 5.11 Å². The fourth-order valence-corrected chi connectivity index (χ4v) is 4.09. The Morgan fingerprint density at radius 3 is 2.29 bits per heavy atom. The smallest absolute Gasteiger partial charge is 0.0700 e. The van der Waals surface area contributed by atoms with Crippen molar-refractivity contribution in [2.75, 3.05) is 6.54 Å². The van der Waals surface area contributed by atoms with E-state index in [0.717, 1.165) is 12.3 Å². The number of hydrogen-bond donors (Lipinski definition) is 1. The fourth-order valence-electron chi connectivity index (χ4n) is 4.09. The van der Waals surface area contributed by atoms with Crippen molar-refractivity contribution in [3.05, 3.63) is 0 Å². The number of aliphatic hydroxyl groups excluding tert-OH is 1. The Morgan fingerprint density at radius 1 is 0.941 bits per heavy atom. The van der Waals surface area contributed by atoms with Gasteiger partial charge in [-0.15, -0.1) is 0 Å². The maximum absolute atomic E-state index is 10.4. The van der Waals surface area contributed by atoms with Crippen molar-refractivity contribution >= 4 is 0 Å². The van der Waals surface area contributed by atoms with Crippen LogP contribution in [0, 0.1) is 17.8 Å². The molecular weight excluding hydrogens is 210 g/mol. The van der Waals surface area contributed by atoms with E-state index in [1.165, 1.54) is 25.8 Å². The SMILES string of the molecule is CC1CC(C)C(N2CC(C)CCC2C)C(O)C1. The van der Waals surface area contributed by atoms with Crippen molar-refractivity contribution in [3.63, 3.8) is 0 Å². The van der Waals surface area contributed by atoms with Crippen molar-refractivity contribution < 1.29 is 5.11 Å². The Balaban J connectivity index is 2.08. The Morgan fingerprint density at radius 2 is 1.65 bits per heavy atom. The van der Waals surface area contributed by atoms with Crippen LogP contribution in [0.15, 0.2) is 0 Å². The first-order chi connectivity index (χ1) is 7.99. The molecule has 0 aromatic rings. The first-order valence-corrected chi connectivity index (χ1v) is 7.42. The van der Waals surface area contributed by atoms with E-state index in [1.807, 2.05) is 0 Å². The summed E-state index contributed by atoms with van der Waals surface area (Å²) in [4.78, 5) is 2.61. The lowest BCUT2D eigenvalue weighted by molar-refractivity contribution is -0.0568. The average molecular weight is 239 g/mol. The maximum atomic E-state index is 10.4. The van der Waals surface area contributed by atoms with Crippen LogP contribution < -0.4 is 0 Å². The highest BCUT2D eigenvalue weighted by Gasteiger charge is 2.39. The zero-order valence-corrected chi connectivity index (χ0v) is 11.9. The lowest BCUT2D eigenvalue weighted by atomic mass is 9.75. The predicted octanol–water partition coefficient (Wildman–Crippen LogP) is 2.90. The Kier molecular flexibility index (Phi) is 4.14. The molecule has 1 aliphatic carbocycles. The van der Waals surface area contributed by atoms with E-state index in [2.05, 4.69) is 32.6 Å². The monoisotopic (exact) mass is 239 g/mol. The molecule has 0 radical (unpaired) electrons. The van der Waals surface area contributed by atoms with E-state index in [4.69, 9.17) is 0 Å². The Hall–Kier alpha value is -0.0800. The number of nitrogens with zero attached hydrogens (tertiary/aromatic N) is 1. The van der Waals surface area contributed by atoms with E-state index in [0.29, 0.717) is 23.9 Å². The van der Waals surface area contributed by atoms with Crippen LogP contribution in [0.4, 0.5) is 0 Å². The molecular formula is C15H29NO. The van der Waals surface area contributed by atoms with Crippen molar-refractivity contribution in [1.82, 2.24) is 4.90 Å². The van der Waals surface area contributed by atoms with Crippen LogP contribution in [0.3, 0.4) is 0 Å². The summed E-state index contributed by atoms with van der Waals surface area (Å²) in [5, 5.41) is 10.4. The quantitative estimate of drug-likeness (QED) is 0.760. The van der Waals surface area contributed by atoms with Crippen molar-refractivity contribution in [1.29, 1.82) is 0 Å². The normalized spacial score (nSPS) is 49.2. The summed E-state index contributed by atoms with van der Waals surface area (Å²) in [5.74, 6) is 2.13. The van der Waals surface area contributed by atoms with Crippen LogP contribution in [0.5, 0.6) is 0 Å². The van der Waals surface area contributed by atoms with Gasteiger partial charge in [0.1, 0.15) is 0 Å². The van der Waals surface area contributed by atoms with Gasteiger partial charge < -0.3 is 5.11 Å². The van der Waals surface area contributed by atoms with Gasteiger partial charge in [-0.3, -0.25) is 4.90 Å².